The third-order valence-corrected chi connectivity index (χ3v) is 1.75. The van der Waals surface area contributed by atoms with Crippen molar-refractivity contribution in [3.8, 4) is 0 Å². The lowest BCUT2D eigenvalue weighted by Crippen LogP contribution is -2.16. The normalized spacial score (nSPS) is 10.4. The Bertz CT molecular complexity index is 479. The van der Waals surface area contributed by atoms with Crippen LogP contribution in [-0.2, 0) is 0 Å². The number of benzene rings is 1. The fourth-order valence-corrected chi connectivity index (χ4v) is 1.09. The molecule has 12 heavy (non-hydrogen) atoms. The molecule has 0 amide bonds. The van der Waals surface area contributed by atoms with E-state index < -0.39 is 0 Å². The molecule has 0 fully saturated rings. The highest BCUT2D eigenvalue weighted by atomic mass is 35.5. The zero-order valence-electron chi connectivity index (χ0n) is 5.94. The van der Waals surface area contributed by atoms with E-state index in [1.807, 2.05) is 0 Å². The van der Waals surface area contributed by atoms with E-state index in [4.69, 9.17) is 11.8 Å². The second-order valence-electron chi connectivity index (χ2n) is 2.27. The maximum Gasteiger partial charge on any atom is 0.292 e. The second-order valence-corrected chi connectivity index (χ2v) is 2.59. The van der Waals surface area contributed by atoms with Crippen molar-refractivity contribution in [2.24, 2.45) is 0 Å². The Labute approximate surface area is 72.5 Å². The molecule has 2 rings (SSSR count). The van der Waals surface area contributed by atoms with Crippen LogP contribution in [0.3, 0.4) is 0 Å². The summed E-state index contributed by atoms with van der Waals surface area (Å²) in [5.41, 5.74) is 0.210. The van der Waals surface area contributed by atoms with Gasteiger partial charge in [-0.25, -0.2) is 0 Å². The molecule has 0 N–H and O–H groups in total. The van der Waals surface area contributed by atoms with Crippen LogP contribution in [0.1, 0.15) is 0 Å². The molecule has 0 aliphatic heterocycles. The maximum absolute atomic E-state index is 11.3. The van der Waals surface area contributed by atoms with Crippen molar-refractivity contribution in [1.29, 1.82) is 0 Å². The van der Waals surface area contributed by atoms with Crippen molar-refractivity contribution in [2.75, 3.05) is 0 Å². The van der Waals surface area contributed by atoms with Crippen LogP contribution in [0.2, 0.25) is 0 Å². The number of hydrogen-bond donors (Lipinski definition) is 0. The first-order valence-electron chi connectivity index (χ1n) is 3.30. The van der Waals surface area contributed by atoms with Gasteiger partial charge in [-0.05, 0) is 17.3 Å². The highest BCUT2D eigenvalue weighted by Crippen LogP contribution is 2.03. The minimum Gasteiger partial charge on any atom is -0.266 e. The molecule has 0 saturated carbocycles. The lowest BCUT2D eigenvalue weighted by molar-refractivity contribution is 0.809. The maximum atomic E-state index is 11.3. The van der Waals surface area contributed by atoms with Crippen molar-refractivity contribution in [3.63, 3.8) is 0 Å². The van der Waals surface area contributed by atoms with Gasteiger partial charge in [-0.15, -0.1) is 9.30 Å². The zero-order chi connectivity index (χ0) is 8.55. The molecule has 4 nitrogen and oxygen atoms in total. The topological polar surface area (TPSA) is 47.8 Å². The third kappa shape index (κ3) is 0.967. The van der Waals surface area contributed by atoms with E-state index in [9.17, 15) is 4.79 Å². The van der Waals surface area contributed by atoms with Crippen LogP contribution in [0, 0.1) is 0 Å². The summed E-state index contributed by atoms with van der Waals surface area (Å²) >= 11 is 5.42. The average molecular weight is 182 g/mol. The molecule has 5 heteroatoms. The van der Waals surface area contributed by atoms with Gasteiger partial charge in [0.25, 0.3) is 5.56 Å². The summed E-state index contributed by atoms with van der Waals surface area (Å²) in [6.07, 6.45) is 0. The summed E-state index contributed by atoms with van der Waals surface area (Å²) in [6, 6.07) is 6.91. The summed E-state index contributed by atoms with van der Waals surface area (Å²) in [7, 11) is 0. The number of hydrogen-bond acceptors (Lipinski definition) is 3. The Morgan fingerprint density at radius 1 is 1.33 bits per heavy atom. The fourth-order valence-electron chi connectivity index (χ4n) is 0.969. The Morgan fingerprint density at radius 3 is 2.92 bits per heavy atom. The number of nitrogens with zero attached hydrogens (tertiary/aromatic N) is 3. The Hall–Kier alpha value is -1.42. The van der Waals surface area contributed by atoms with Crippen LogP contribution in [0.5, 0.6) is 0 Å². The van der Waals surface area contributed by atoms with Crippen molar-refractivity contribution in [3.05, 3.63) is 34.6 Å². The van der Waals surface area contributed by atoms with E-state index in [0.717, 1.165) is 0 Å². The van der Waals surface area contributed by atoms with Gasteiger partial charge in [-0.3, -0.25) is 4.79 Å². The molecule has 0 saturated heterocycles. The molecule has 0 unspecified atom stereocenters. The summed E-state index contributed by atoms with van der Waals surface area (Å²) in [5.74, 6) is 0. The number of rotatable bonds is 0. The summed E-state index contributed by atoms with van der Waals surface area (Å²) in [5, 5.41) is 7.62. The van der Waals surface area contributed by atoms with E-state index in [-0.39, 0.29) is 5.56 Å². The van der Waals surface area contributed by atoms with Gasteiger partial charge in [-0.2, -0.15) is 0 Å². The van der Waals surface area contributed by atoms with E-state index >= 15 is 0 Å². The molecule has 0 radical (unpaired) electrons. The Morgan fingerprint density at radius 2 is 2.08 bits per heavy atom. The first kappa shape index (κ1) is 7.24. The molecule has 60 valence electrons. The highest BCUT2D eigenvalue weighted by molar-refractivity contribution is 6.14. The first-order valence-corrected chi connectivity index (χ1v) is 3.64. The monoisotopic (exact) mass is 181 g/mol. The van der Waals surface area contributed by atoms with Crippen molar-refractivity contribution >= 4 is 22.7 Å². The zero-order valence-corrected chi connectivity index (χ0v) is 6.69. The van der Waals surface area contributed by atoms with Gasteiger partial charge < -0.3 is 0 Å². The molecule has 0 aliphatic rings. The average Bonchev–Trinajstić information content (AvgIpc) is 2.12. The lowest BCUT2D eigenvalue weighted by atomic mass is 10.2. The van der Waals surface area contributed by atoms with Gasteiger partial charge in [0.1, 0.15) is 5.52 Å². The first-order chi connectivity index (χ1) is 5.79. The molecule has 0 aliphatic carbocycles. The third-order valence-electron chi connectivity index (χ3n) is 1.53. The van der Waals surface area contributed by atoms with Gasteiger partial charge in [0.15, 0.2) is 0 Å². The summed E-state index contributed by atoms with van der Waals surface area (Å²) < 4.78 is 0.697. The lowest BCUT2D eigenvalue weighted by Gasteiger charge is -1.94. The van der Waals surface area contributed by atoms with E-state index in [0.29, 0.717) is 15.1 Å². The van der Waals surface area contributed by atoms with Crippen molar-refractivity contribution in [2.45, 2.75) is 0 Å². The molecule has 0 atom stereocenters. The molecule has 1 aromatic carbocycles. The Kier molecular flexibility index (Phi) is 1.55. The molecule has 1 heterocycles. The standard InChI is InChI=1S/C7H4ClN3O/c8-11-7(12)5-3-1-2-4-6(5)9-10-11/h1-4H. The van der Waals surface area contributed by atoms with Crippen LogP contribution in [0.15, 0.2) is 29.1 Å². The molecule has 0 spiro atoms. The number of fused-ring (bicyclic) bond motifs is 1. The minimum atomic E-state index is -0.345. The molecule has 0 bridgehead atoms. The SMILES string of the molecule is O=c1c2ccccc2nnn1Cl. The molecular weight excluding hydrogens is 178 g/mol. The van der Waals surface area contributed by atoms with Gasteiger partial charge in [-0.1, -0.05) is 12.1 Å². The van der Waals surface area contributed by atoms with Gasteiger partial charge in [0, 0.05) is 11.8 Å². The van der Waals surface area contributed by atoms with Crippen LogP contribution in [0.25, 0.3) is 10.9 Å². The van der Waals surface area contributed by atoms with Gasteiger partial charge >= 0.3 is 0 Å². The van der Waals surface area contributed by atoms with E-state index in [1.54, 1.807) is 24.3 Å². The predicted molar refractivity (Wildman–Crippen MR) is 45.0 cm³/mol. The smallest absolute Gasteiger partial charge is 0.266 e. The minimum absolute atomic E-state index is 0.345. The van der Waals surface area contributed by atoms with Crippen LogP contribution >= 0.6 is 11.8 Å². The van der Waals surface area contributed by atoms with Crippen molar-refractivity contribution in [1.82, 2.24) is 14.5 Å². The fraction of sp³-hybridized carbons (Fsp3) is 0. The second kappa shape index (κ2) is 2.57. The van der Waals surface area contributed by atoms with E-state index in [2.05, 4.69) is 10.3 Å². The number of aromatic nitrogens is 3. The van der Waals surface area contributed by atoms with E-state index in [1.165, 1.54) is 0 Å². The largest absolute Gasteiger partial charge is 0.292 e. The quantitative estimate of drug-likeness (QED) is 0.604. The van der Waals surface area contributed by atoms with Crippen LogP contribution in [-0.4, -0.2) is 14.5 Å². The van der Waals surface area contributed by atoms with Crippen LogP contribution < -0.4 is 5.56 Å². The highest BCUT2D eigenvalue weighted by Gasteiger charge is 2.00. The van der Waals surface area contributed by atoms with Crippen LogP contribution in [0.4, 0.5) is 0 Å². The molecule has 2 aromatic rings. The predicted octanol–water partition coefficient (Wildman–Crippen LogP) is 0.793. The summed E-state index contributed by atoms with van der Waals surface area (Å²) in [4.78, 5) is 11.3. The Balaban J connectivity index is 3.01. The summed E-state index contributed by atoms with van der Waals surface area (Å²) in [6.45, 7) is 0. The molecular formula is C7H4ClN3O. The van der Waals surface area contributed by atoms with Crippen molar-refractivity contribution < 1.29 is 0 Å². The molecule has 1 aromatic heterocycles. The van der Waals surface area contributed by atoms with Gasteiger partial charge in [0.2, 0.25) is 0 Å². The van der Waals surface area contributed by atoms with Gasteiger partial charge in [0.05, 0.1) is 5.39 Å². The number of halogens is 1.